The molecule has 0 bridgehead atoms. The van der Waals surface area contributed by atoms with Crippen LogP contribution in [0.15, 0.2) is 18.2 Å². The van der Waals surface area contributed by atoms with Crippen LogP contribution in [0.5, 0.6) is 5.75 Å². The molecule has 1 amide bonds. The van der Waals surface area contributed by atoms with E-state index in [0.717, 1.165) is 0 Å². The lowest BCUT2D eigenvalue weighted by Crippen LogP contribution is -2.34. The molecule has 0 saturated carbocycles. The molecule has 5 N–H and O–H groups in total. The summed E-state index contributed by atoms with van der Waals surface area (Å²) in [7, 11) is 0. The predicted octanol–water partition coefficient (Wildman–Crippen LogP) is 1.75. The molecule has 0 spiro atoms. The van der Waals surface area contributed by atoms with E-state index in [1.54, 1.807) is 39.0 Å². The molecule has 6 heteroatoms. The average Bonchev–Trinajstić information content (AvgIpc) is 2.27. The minimum atomic E-state index is -0.504. The molecule has 0 saturated heterocycles. The van der Waals surface area contributed by atoms with Crippen LogP contribution < -0.4 is 21.5 Å². The van der Waals surface area contributed by atoms with Crippen LogP contribution in [0.2, 0.25) is 0 Å². The highest BCUT2D eigenvalue weighted by Crippen LogP contribution is 2.21. The van der Waals surface area contributed by atoms with Crippen molar-refractivity contribution < 1.29 is 14.3 Å². The zero-order valence-electron chi connectivity index (χ0n) is 11.5. The van der Waals surface area contributed by atoms with E-state index in [1.165, 1.54) is 0 Å². The van der Waals surface area contributed by atoms with Gasteiger partial charge in [-0.25, -0.2) is 4.79 Å². The quantitative estimate of drug-likeness (QED) is 0.570. The zero-order valence-corrected chi connectivity index (χ0v) is 11.5. The average molecular weight is 267 g/mol. The van der Waals surface area contributed by atoms with Crippen molar-refractivity contribution in [1.29, 1.82) is 0 Å². The van der Waals surface area contributed by atoms with Gasteiger partial charge in [-0.2, -0.15) is 0 Å². The lowest BCUT2D eigenvalue weighted by molar-refractivity contribution is 0.0520. The summed E-state index contributed by atoms with van der Waals surface area (Å²) in [5.41, 5.74) is 11.7. The molecule has 19 heavy (non-hydrogen) atoms. The molecule has 1 aromatic rings. The Morgan fingerprint density at radius 2 is 1.95 bits per heavy atom. The van der Waals surface area contributed by atoms with Gasteiger partial charge in [-0.1, -0.05) is 0 Å². The number of hydrogen-bond acceptors (Lipinski definition) is 5. The third-order valence-electron chi connectivity index (χ3n) is 2.10. The van der Waals surface area contributed by atoms with Gasteiger partial charge in [0.1, 0.15) is 18.0 Å². The first-order valence-corrected chi connectivity index (χ1v) is 6.02. The molecule has 0 radical (unpaired) electrons. The van der Waals surface area contributed by atoms with E-state index >= 15 is 0 Å². The van der Waals surface area contributed by atoms with E-state index < -0.39 is 11.7 Å². The Morgan fingerprint density at radius 3 is 2.53 bits per heavy atom. The number of hydrogen-bond donors (Lipinski definition) is 3. The molecule has 0 aromatic heterocycles. The third kappa shape index (κ3) is 5.85. The van der Waals surface area contributed by atoms with E-state index in [1.807, 2.05) is 0 Å². The molecule has 0 atom stereocenters. The van der Waals surface area contributed by atoms with Gasteiger partial charge < -0.3 is 26.3 Å². The second-order valence-corrected chi connectivity index (χ2v) is 5.07. The van der Waals surface area contributed by atoms with Gasteiger partial charge in [-0.3, -0.25) is 0 Å². The number of ether oxygens (including phenoxy) is 2. The van der Waals surface area contributed by atoms with Crippen LogP contribution >= 0.6 is 0 Å². The fourth-order valence-electron chi connectivity index (χ4n) is 1.28. The molecule has 0 unspecified atom stereocenters. The first-order chi connectivity index (χ1) is 8.78. The molecular formula is C13H21N3O3. The van der Waals surface area contributed by atoms with Gasteiger partial charge in [0.2, 0.25) is 0 Å². The standard InChI is InChI=1S/C13H21N3O3/c1-13(2,3)19-12(17)16-6-7-18-9-4-5-10(14)11(15)8-9/h4-5,8H,6-7,14-15H2,1-3H3,(H,16,17). The Hall–Kier alpha value is -2.11. The Morgan fingerprint density at radius 1 is 1.26 bits per heavy atom. The summed E-state index contributed by atoms with van der Waals surface area (Å²) < 4.78 is 10.5. The Kier molecular flexibility index (Phi) is 4.86. The largest absolute Gasteiger partial charge is 0.492 e. The van der Waals surface area contributed by atoms with Crippen molar-refractivity contribution in [3.05, 3.63) is 18.2 Å². The maximum Gasteiger partial charge on any atom is 0.407 e. The fraction of sp³-hybridized carbons (Fsp3) is 0.462. The lowest BCUT2D eigenvalue weighted by atomic mass is 10.2. The summed E-state index contributed by atoms with van der Waals surface area (Å²) in [6.45, 7) is 6.09. The number of amides is 1. The summed E-state index contributed by atoms with van der Waals surface area (Å²) in [4.78, 5) is 11.3. The van der Waals surface area contributed by atoms with Crippen LogP contribution in [0.3, 0.4) is 0 Å². The van der Waals surface area contributed by atoms with Crippen molar-refractivity contribution in [3.8, 4) is 5.75 Å². The maximum atomic E-state index is 11.3. The van der Waals surface area contributed by atoms with Crippen LogP contribution in [-0.2, 0) is 4.74 Å². The maximum absolute atomic E-state index is 11.3. The van der Waals surface area contributed by atoms with Gasteiger partial charge in [0.05, 0.1) is 17.9 Å². The van der Waals surface area contributed by atoms with Crippen LogP contribution in [0.1, 0.15) is 20.8 Å². The normalized spacial score (nSPS) is 10.9. The number of benzene rings is 1. The van der Waals surface area contributed by atoms with E-state index in [4.69, 9.17) is 20.9 Å². The van der Waals surface area contributed by atoms with Crippen molar-refractivity contribution in [3.63, 3.8) is 0 Å². The number of nitrogens with one attached hydrogen (secondary N) is 1. The van der Waals surface area contributed by atoms with E-state index in [2.05, 4.69) is 5.32 Å². The van der Waals surface area contributed by atoms with E-state index in [9.17, 15) is 4.79 Å². The predicted molar refractivity (Wildman–Crippen MR) is 75.0 cm³/mol. The molecule has 6 nitrogen and oxygen atoms in total. The van der Waals surface area contributed by atoms with Gasteiger partial charge in [0, 0.05) is 6.07 Å². The van der Waals surface area contributed by atoms with Gasteiger partial charge in [0.25, 0.3) is 0 Å². The first kappa shape index (κ1) is 14.9. The summed E-state index contributed by atoms with van der Waals surface area (Å²) >= 11 is 0. The summed E-state index contributed by atoms with van der Waals surface area (Å²) in [5.74, 6) is 0.609. The first-order valence-electron chi connectivity index (χ1n) is 6.02. The number of alkyl carbamates (subject to hydrolysis) is 1. The SMILES string of the molecule is CC(C)(C)OC(=O)NCCOc1ccc(N)c(N)c1. The highest BCUT2D eigenvalue weighted by atomic mass is 16.6. The molecule has 1 aromatic carbocycles. The number of carbonyl (C=O) groups excluding carboxylic acids is 1. The van der Waals surface area contributed by atoms with Crippen LogP contribution in [0.4, 0.5) is 16.2 Å². The summed E-state index contributed by atoms with van der Waals surface area (Å²) in [6, 6.07) is 5.04. The number of anilines is 2. The zero-order chi connectivity index (χ0) is 14.5. The van der Waals surface area contributed by atoms with E-state index in [0.29, 0.717) is 30.3 Å². The number of nitrogens with two attached hydrogens (primary N) is 2. The monoisotopic (exact) mass is 267 g/mol. The highest BCUT2D eigenvalue weighted by molar-refractivity contribution is 5.67. The van der Waals surface area contributed by atoms with Gasteiger partial charge >= 0.3 is 6.09 Å². The van der Waals surface area contributed by atoms with E-state index in [-0.39, 0.29) is 0 Å². The van der Waals surface area contributed by atoms with Crippen molar-refractivity contribution in [2.75, 3.05) is 24.6 Å². The van der Waals surface area contributed by atoms with Crippen molar-refractivity contribution in [2.24, 2.45) is 0 Å². The van der Waals surface area contributed by atoms with Crippen molar-refractivity contribution in [2.45, 2.75) is 26.4 Å². The topological polar surface area (TPSA) is 99.6 Å². The van der Waals surface area contributed by atoms with Crippen LogP contribution in [-0.4, -0.2) is 24.8 Å². The molecule has 1 rings (SSSR count). The molecule has 0 aliphatic rings. The minimum Gasteiger partial charge on any atom is -0.492 e. The molecule has 106 valence electrons. The number of rotatable bonds is 4. The Labute approximate surface area is 113 Å². The minimum absolute atomic E-state index is 0.322. The second kappa shape index (κ2) is 6.17. The van der Waals surface area contributed by atoms with Crippen LogP contribution in [0.25, 0.3) is 0 Å². The van der Waals surface area contributed by atoms with Crippen molar-refractivity contribution >= 4 is 17.5 Å². The van der Waals surface area contributed by atoms with Gasteiger partial charge in [-0.05, 0) is 32.9 Å². The fourth-order valence-corrected chi connectivity index (χ4v) is 1.28. The summed E-state index contributed by atoms with van der Waals surface area (Å²) in [6.07, 6.45) is -0.465. The number of carbonyl (C=O) groups is 1. The van der Waals surface area contributed by atoms with Gasteiger partial charge in [-0.15, -0.1) is 0 Å². The lowest BCUT2D eigenvalue weighted by Gasteiger charge is -2.19. The molecule has 0 aliphatic heterocycles. The molecular weight excluding hydrogens is 246 g/mol. The number of nitrogen functional groups attached to an aromatic ring is 2. The molecule has 0 fully saturated rings. The Balaban J connectivity index is 2.27. The summed E-state index contributed by atoms with van der Waals surface area (Å²) in [5, 5.41) is 2.59. The molecule has 0 aliphatic carbocycles. The van der Waals surface area contributed by atoms with Crippen molar-refractivity contribution in [1.82, 2.24) is 5.32 Å². The highest BCUT2D eigenvalue weighted by Gasteiger charge is 2.15. The third-order valence-corrected chi connectivity index (χ3v) is 2.10. The second-order valence-electron chi connectivity index (χ2n) is 5.07. The smallest absolute Gasteiger partial charge is 0.407 e. The van der Waals surface area contributed by atoms with Gasteiger partial charge in [0.15, 0.2) is 0 Å². The van der Waals surface area contributed by atoms with Crippen LogP contribution in [0, 0.1) is 0 Å². The molecule has 0 heterocycles. The Bertz CT molecular complexity index is 441.